The standard InChI is InChI=1S/C29H30FN7O/c1-35-8-6-18(7-9-35)25-12-24-28(32-17-33-29(24)34-25)19-2-5-27(31-13-19)36-15-22-11-23(16-36)37(22)14-20-10-21(30)3-4-26(20)38/h2-6,10,12-13,17,22-23,38H,7-9,11,14-16H2,1H3,(H,32,33,34). The third kappa shape index (κ3) is 4.12. The van der Waals surface area contributed by atoms with Crippen molar-refractivity contribution in [3.05, 3.63) is 72.1 Å². The summed E-state index contributed by atoms with van der Waals surface area (Å²) in [5.41, 5.74) is 5.78. The average Bonchev–Trinajstić information content (AvgIpc) is 3.38. The van der Waals surface area contributed by atoms with Gasteiger partial charge in [-0.1, -0.05) is 6.08 Å². The SMILES string of the molecule is CN1CC=C(c2cc3c(-c4ccc(N5CC6CC(C5)N6Cc5cc(F)ccc5O)nc4)ncnc3[nH]2)CC1. The number of piperazine rings is 1. The van der Waals surface area contributed by atoms with Gasteiger partial charge < -0.3 is 19.9 Å². The molecule has 3 saturated heterocycles. The average molecular weight is 512 g/mol. The number of rotatable bonds is 5. The van der Waals surface area contributed by atoms with Gasteiger partial charge in [-0.2, -0.15) is 0 Å². The van der Waals surface area contributed by atoms with E-state index < -0.39 is 0 Å². The number of nitrogens with zero attached hydrogens (tertiary/aromatic N) is 6. The minimum Gasteiger partial charge on any atom is -0.508 e. The monoisotopic (exact) mass is 511 g/mol. The van der Waals surface area contributed by atoms with Gasteiger partial charge in [0.1, 0.15) is 29.4 Å². The van der Waals surface area contributed by atoms with E-state index in [1.165, 1.54) is 23.8 Å². The first kappa shape index (κ1) is 23.3. The molecule has 1 aromatic carbocycles. The van der Waals surface area contributed by atoms with Gasteiger partial charge in [0, 0.05) is 73.2 Å². The summed E-state index contributed by atoms with van der Waals surface area (Å²) in [7, 11) is 2.14. The Morgan fingerprint density at radius 2 is 1.95 bits per heavy atom. The van der Waals surface area contributed by atoms with Crippen LogP contribution in [0.5, 0.6) is 5.75 Å². The van der Waals surface area contributed by atoms with Crippen LogP contribution in [0.2, 0.25) is 0 Å². The number of benzene rings is 1. The highest BCUT2D eigenvalue weighted by molar-refractivity contribution is 5.93. The lowest BCUT2D eigenvalue weighted by atomic mass is 9.86. The minimum absolute atomic E-state index is 0.155. The molecule has 0 saturated carbocycles. The van der Waals surface area contributed by atoms with E-state index in [1.54, 1.807) is 6.33 Å². The number of pyridine rings is 1. The van der Waals surface area contributed by atoms with Crippen molar-refractivity contribution in [1.29, 1.82) is 0 Å². The molecule has 38 heavy (non-hydrogen) atoms. The fourth-order valence-corrected chi connectivity index (χ4v) is 6.08. The number of phenolic OH excluding ortho intramolecular Hbond substituents is 1. The number of H-pyrrole nitrogens is 1. The Balaban J connectivity index is 1.07. The van der Waals surface area contributed by atoms with Gasteiger partial charge in [0.25, 0.3) is 0 Å². The maximum Gasteiger partial charge on any atom is 0.141 e. The molecule has 4 aliphatic heterocycles. The lowest BCUT2D eigenvalue weighted by Gasteiger charge is -2.56. The van der Waals surface area contributed by atoms with Crippen molar-refractivity contribution in [2.24, 2.45) is 0 Å². The molecule has 8 nitrogen and oxygen atoms in total. The minimum atomic E-state index is -0.315. The van der Waals surface area contributed by atoms with Crippen LogP contribution >= 0.6 is 0 Å². The van der Waals surface area contributed by atoms with Crippen molar-refractivity contribution in [2.75, 3.05) is 38.1 Å². The molecule has 0 aliphatic carbocycles. The van der Waals surface area contributed by atoms with Crippen LogP contribution in [0.25, 0.3) is 27.9 Å². The first-order valence-electron chi connectivity index (χ1n) is 13.2. The number of likely N-dealkylation sites (N-methyl/N-ethyl adjacent to an activating group) is 1. The molecule has 2 atom stereocenters. The van der Waals surface area contributed by atoms with E-state index in [2.05, 4.69) is 61.0 Å². The van der Waals surface area contributed by atoms with E-state index in [-0.39, 0.29) is 11.6 Å². The van der Waals surface area contributed by atoms with Crippen molar-refractivity contribution in [1.82, 2.24) is 29.7 Å². The molecule has 4 aliphatic rings. The van der Waals surface area contributed by atoms with Gasteiger partial charge in [0.15, 0.2) is 0 Å². The van der Waals surface area contributed by atoms with Crippen LogP contribution in [0.3, 0.4) is 0 Å². The van der Waals surface area contributed by atoms with Crippen LogP contribution in [0, 0.1) is 5.82 Å². The van der Waals surface area contributed by atoms with Gasteiger partial charge in [0.2, 0.25) is 0 Å². The van der Waals surface area contributed by atoms with Crippen LogP contribution in [0.15, 0.2) is 55.0 Å². The van der Waals surface area contributed by atoms with Gasteiger partial charge in [-0.15, -0.1) is 0 Å². The summed E-state index contributed by atoms with van der Waals surface area (Å²) in [6, 6.07) is 11.2. The number of hydrogen-bond donors (Lipinski definition) is 2. The molecule has 9 heteroatoms. The first-order valence-corrected chi connectivity index (χ1v) is 13.2. The number of aromatic hydroxyl groups is 1. The highest BCUT2D eigenvalue weighted by Gasteiger charge is 2.44. The van der Waals surface area contributed by atoms with Crippen LogP contribution in [-0.2, 0) is 6.54 Å². The summed E-state index contributed by atoms with van der Waals surface area (Å²) in [6.45, 7) is 4.30. The fourth-order valence-electron chi connectivity index (χ4n) is 6.08. The number of phenols is 1. The van der Waals surface area contributed by atoms with Crippen LogP contribution in [0.4, 0.5) is 10.2 Å². The molecule has 3 aromatic heterocycles. The third-order valence-electron chi connectivity index (χ3n) is 8.27. The third-order valence-corrected chi connectivity index (χ3v) is 8.27. The number of hydrogen-bond acceptors (Lipinski definition) is 7. The van der Waals surface area contributed by atoms with Gasteiger partial charge >= 0.3 is 0 Å². The summed E-state index contributed by atoms with van der Waals surface area (Å²) in [6.07, 6.45) is 7.93. The van der Waals surface area contributed by atoms with E-state index >= 15 is 0 Å². The maximum absolute atomic E-state index is 13.7. The predicted octanol–water partition coefficient (Wildman–Crippen LogP) is 4.05. The van der Waals surface area contributed by atoms with Crippen LogP contribution in [-0.4, -0.2) is 80.2 Å². The maximum atomic E-state index is 13.7. The summed E-state index contributed by atoms with van der Waals surface area (Å²) in [5, 5.41) is 11.1. The summed E-state index contributed by atoms with van der Waals surface area (Å²) >= 11 is 0. The quantitative estimate of drug-likeness (QED) is 0.418. The number of aromatic nitrogens is 4. The molecule has 8 rings (SSSR count). The highest BCUT2D eigenvalue weighted by Crippen LogP contribution is 2.37. The van der Waals surface area contributed by atoms with E-state index in [4.69, 9.17) is 4.98 Å². The zero-order valence-electron chi connectivity index (χ0n) is 21.3. The van der Waals surface area contributed by atoms with Crippen molar-refractivity contribution < 1.29 is 9.50 Å². The van der Waals surface area contributed by atoms with Gasteiger partial charge in [-0.05, 0) is 61.9 Å². The van der Waals surface area contributed by atoms with E-state index in [9.17, 15) is 9.50 Å². The van der Waals surface area contributed by atoms with Crippen LogP contribution < -0.4 is 4.90 Å². The van der Waals surface area contributed by atoms with Crippen molar-refractivity contribution in [3.63, 3.8) is 0 Å². The Bertz CT molecular complexity index is 1520. The zero-order chi connectivity index (χ0) is 25.8. The molecular weight excluding hydrogens is 481 g/mol. The molecule has 0 spiro atoms. The summed E-state index contributed by atoms with van der Waals surface area (Å²) in [4.78, 5) is 24.4. The van der Waals surface area contributed by atoms with E-state index in [0.717, 1.165) is 72.8 Å². The lowest BCUT2D eigenvalue weighted by Crippen LogP contribution is -2.68. The second kappa shape index (κ2) is 9.18. The predicted molar refractivity (Wildman–Crippen MR) is 145 cm³/mol. The number of anilines is 1. The number of piperidine rings is 1. The Morgan fingerprint density at radius 3 is 2.71 bits per heavy atom. The molecule has 0 radical (unpaired) electrons. The molecule has 4 aromatic rings. The molecule has 194 valence electrons. The number of fused-ring (bicyclic) bond motifs is 3. The van der Waals surface area contributed by atoms with Gasteiger partial charge in [-0.25, -0.2) is 19.3 Å². The van der Waals surface area contributed by atoms with Gasteiger partial charge in [0.05, 0.1) is 5.69 Å². The lowest BCUT2D eigenvalue weighted by molar-refractivity contribution is -0.00921. The summed E-state index contributed by atoms with van der Waals surface area (Å²) < 4.78 is 13.7. The first-order chi connectivity index (χ1) is 18.5. The Kier molecular flexibility index (Phi) is 5.63. The molecule has 2 unspecified atom stereocenters. The molecule has 2 N–H and O–H groups in total. The van der Waals surface area contributed by atoms with Crippen LogP contribution in [0.1, 0.15) is 24.1 Å². The van der Waals surface area contributed by atoms with Crippen molar-refractivity contribution in [2.45, 2.75) is 31.5 Å². The summed E-state index contributed by atoms with van der Waals surface area (Å²) in [5.74, 6) is 0.792. The molecular formula is C29H30FN7O. The Morgan fingerprint density at radius 1 is 1.08 bits per heavy atom. The number of halogens is 1. The van der Waals surface area contributed by atoms with E-state index in [1.807, 2.05) is 6.20 Å². The second-order valence-corrected chi connectivity index (χ2v) is 10.7. The largest absolute Gasteiger partial charge is 0.508 e. The zero-order valence-corrected chi connectivity index (χ0v) is 21.3. The van der Waals surface area contributed by atoms with Gasteiger partial charge in [-0.3, -0.25) is 4.90 Å². The Hall–Kier alpha value is -3.82. The fraction of sp³-hybridized carbons (Fsp3) is 0.345. The normalized spacial score (nSPS) is 21.9. The number of nitrogens with one attached hydrogen (secondary N) is 1. The smallest absolute Gasteiger partial charge is 0.141 e. The molecule has 2 bridgehead atoms. The molecule has 3 fully saturated rings. The van der Waals surface area contributed by atoms with Crippen molar-refractivity contribution in [3.8, 4) is 17.0 Å². The topological polar surface area (TPSA) is 84.4 Å². The second-order valence-electron chi connectivity index (χ2n) is 10.7. The molecule has 0 amide bonds. The highest BCUT2D eigenvalue weighted by atomic mass is 19.1. The van der Waals surface area contributed by atoms with E-state index in [0.29, 0.717) is 24.2 Å². The Labute approximate surface area is 220 Å². The number of aromatic amines is 1. The van der Waals surface area contributed by atoms with Crippen molar-refractivity contribution >= 4 is 22.4 Å². The molecule has 7 heterocycles.